The summed E-state index contributed by atoms with van der Waals surface area (Å²) in [6, 6.07) is 4.13. The summed E-state index contributed by atoms with van der Waals surface area (Å²) in [4.78, 5) is 34.1. The van der Waals surface area contributed by atoms with Crippen molar-refractivity contribution in [2.24, 2.45) is 0 Å². The molecule has 0 radical (unpaired) electrons. The lowest BCUT2D eigenvalue weighted by Crippen LogP contribution is -2.38. The summed E-state index contributed by atoms with van der Waals surface area (Å²) in [5.41, 5.74) is 0. The van der Waals surface area contributed by atoms with Crippen molar-refractivity contribution >= 4 is 17.8 Å². The summed E-state index contributed by atoms with van der Waals surface area (Å²) in [5, 5.41) is 7.26. The topological polar surface area (TPSA) is 96.5 Å². The van der Waals surface area contributed by atoms with Gasteiger partial charge in [-0.2, -0.15) is 0 Å². The zero-order valence-electron chi connectivity index (χ0n) is 12.6. The fourth-order valence-electron chi connectivity index (χ4n) is 2.08. The molecular formula is C15H18FN3O4. The molecule has 23 heavy (non-hydrogen) atoms. The van der Waals surface area contributed by atoms with Crippen LogP contribution in [0, 0.1) is 5.82 Å². The minimum atomic E-state index is -0.668. The van der Waals surface area contributed by atoms with E-state index in [1.54, 1.807) is 6.92 Å². The monoisotopic (exact) mass is 323 g/mol. The van der Waals surface area contributed by atoms with E-state index in [4.69, 9.17) is 4.74 Å². The van der Waals surface area contributed by atoms with E-state index in [2.05, 4.69) is 16.0 Å². The summed E-state index contributed by atoms with van der Waals surface area (Å²) in [6.07, 6.45) is 0.341. The van der Waals surface area contributed by atoms with E-state index >= 15 is 0 Å². The van der Waals surface area contributed by atoms with Gasteiger partial charge < -0.3 is 15.4 Å². The molecule has 1 aliphatic rings. The first-order valence-electron chi connectivity index (χ1n) is 7.23. The summed E-state index contributed by atoms with van der Waals surface area (Å²) >= 11 is 0. The molecule has 1 heterocycles. The van der Waals surface area contributed by atoms with E-state index in [1.165, 1.54) is 24.3 Å². The fourth-order valence-corrected chi connectivity index (χ4v) is 2.08. The van der Waals surface area contributed by atoms with E-state index in [1.807, 2.05) is 0 Å². The van der Waals surface area contributed by atoms with Gasteiger partial charge in [-0.25, -0.2) is 9.18 Å². The highest BCUT2D eigenvalue weighted by Crippen LogP contribution is 2.11. The Morgan fingerprint density at radius 2 is 2.04 bits per heavy atom. The molecule has 1 aliphatic heterocycles. The molecule has 124 valence electrons. The molecule has 3 N–H and O–H groups in total. The summed E-state index contributed by atoms with van der Waals surface area (Å²) in [5.74, 6) is -0.496. The van der Waals surface area contributed by atoms with Gasteiger partial charge in [-0.1, -0.05) is 0 Å². The van der Waals surface area contributed by atoms with Gasteiger partial charge in [-0.15, -0.1) is 0 Å². The minimum Gasteiger partial charge on any atom is -0.491 e. The van der Waals surface area contributed by atoms with Gasteiger partial charge in [0.05, 0.1) is 6.04 Å². The Bertz CT molecular complexity index is 591. The molecule has 2 atom stereocenters. The fraction of sp³-hybridized carbons (Fsp3) is 0.400. The van der Waals surface area contributed by atoms with Crippen LogP contribution in [0.2, 0.25) is 0 Å². The van der Waals surface area contributed by atoms with Gasteiger partial charge in [-0.05, 0) is 37.6 Å². The number of hydrogen-bond donors (Lipinski definition) is 3. The molecule has 1 aromatic carbocycles. The Balaban J connectivity index is 1.67. The van der Waals surface area contributed by atoms with Gasteiger partial charge in [-0.3, -0.25) is 14.9 Å². The number of carbonyl (C=O) groups excluding carboxylic acids is 3. The van der Waals surface area contributed by atoms with Crippen molar-refractivity contribution in [3.8, 4) is 5.75 Å². The number of urea groups is 1. The molecular weight excluding hydrogens is 305 g/mol. The SMILES string of the molecule is C[C@H](COc1ccc(F)cc1)NC(=O)CC[C@@H]1NC(=O)NC1=O. The number of benzene rings is 1. The highest BCUT2D eigenvalue weighted by molar-refractivity contribution is 6.04. The quantitative estimate of drug-likeness (QED) is 0.644. The molecule has 1 aromatic rings. The van der Waals surface area contributed by atoms with E-state index < -0.39 is 18.0 Å². The van der Waals surface area contributed by atoms with Crippen molar-refractivity contribution in [1.82, 2.24) is 16.0 Å². The predicted molar refractivity (Wildman–Crippen MR) is 79.2 cm³/mol. The highest BCUT2D eigenvalue weighted by Gasteiger charge is 2.29. The van der Waals surface area contributed by atoms with Gasteiger partial charge in [0.15, 0.2) is 0 Å². The number of amides is 4. The molecule has 1 fully saturated rings. The number of imide groups is 1. The van der Waals surface area contributed by atoms with Crippen molar-refractivity contribution in [3.05, 3.63) is 30.1 Å². The Labute approximate surface area is 132 Å². The average Bonchev–Trinajstić information content (AvgIpc) is 2.82. The van der Waals surface area contributed by atoms with Crippen LogP contribution in [0.15, 0.2) is 24.3 Å². The van der Waals surface area contributed by atoms with E-state index in [0.717, 1.165) is 0 Å². The third-order valence-electron chi connectivity index (χ3n) is 3.24. The van der Waals surface area contributed by atoms with Crippen LogP contribution in [-0.4, -0.2) is 36.5 Å². The molecule has 0 unspecified atom stereocenters. The second-order valence-electron chi connectivity index (χ2n) is 5.29. The maximum atomic E-state index is 12.8. The molecule has 2 rings (SSSR count). The number of ether oxygens (including phenoxy) is 1. The van der Waals surface area contributed by atoms with Gasteiger partial charge >= 0.3 is 6.03 Å². The first-order valence-corrected chi connectivity index (χ1v) is 7.23. The lowest BCUT2D eigenvalue weighted by molar-refractivity contribution is -0.122. The highest BCUT2D eigenvalue weighted by atomic mass is 19.1. The van der Waals surface area contributed by atoms with Crippen LogP contribution in [0.3, 0.4) is 0 Å². The molecule has 0 aromatic heterocycles. The summed E-state index contributed by atoms with van der Waals surface area (Å²) in [7, 11) is 0. The van der Waals surface area contributed by atoms with Crippen molar-refractivity contribution < 1.29 is 23.5 Å². The lowest BCUT2D eigenvalue weighted by atomic mass is 10.1. The first-order chi connectivity index (χ1) is 10.9. The van der Waals surface area contributed by atoms with Crippen LogP contribution >= 0.6 is 0 Å². The van der Waals surface area contributed by atoms with E-state index in [0.29, 0.717) is 5.75 Å². The standard InChI is InChI=1S/C15H18FN3O4/c1-9(8-23-11-4-2-10(16)3-5-11)17-13(20)7-6-12-14(21)19-15(22)18-12/h2-5,9,12H,6-8H2,1H3,(H,17,20)(H2,18,19,21,22)/t9-,12+/m1/s1. The van der Waals surface area contributed by atoms with Gasteiger partial charge in [0.25, 0.3) is 5.91 Å². The molecule has 1 saturated heterocycles. The van der Waals surface area contributed by atoms with Crippen molar-refractivity contribution in [1.29, 1.82) is 0 Å². The summed E-state index contributed by atoms with van der Waals surface area (Å²) in [6.45, 7) is 2.00. The van der Waals surface area contributed by atoms with Gasteiger partial charge in [0.1, 0.15) is 24.2 Å². The normalized spacial score (nSPS) is 18.1. The molecule has 7 nitrogen and oxygen atoms in total. The van der Waals surface area contributed by atoms with Crippen LogP contribution in [0.1, 0.15) is 19.8 Å². The van der Waals surface area contributed by atoms with Crippen LogP contribution in [0.4, 0.5) is 9.18 Å². The third kappa shape index (κ3) is 5.24. The Kier molecular flexibility index (Phi) is 5.51. The van der Waals surface area contributed by atoms with Gasteiger partial charge in [0, 0.05) is 6.42 Å². The number of hydrogen-bond acceptors (Lipinski definition) is 4. The zero-order chi connectivity index (χ0) is 16.8. The van der Waals surface area contributed by atoms with E-state index in [-0.39, 0.29) is 37.2 Å². The lowest BCUT2D eigenvalue weighted by Gasteiger charge is -2.15. The molecule has 4 amide bonds. The van der Waals surface area contributed by atoms with Crippen LogP contribution in [0.5, 0.6) is 5.75 Å². The van der Waals surface area contributed by atoms with Crippen LogP contribution in [0.25, 0.3) is 0 Å². The molecule has 8 heteroatoms. The second-order valence-corrected chi connectivity index (χ2v) is 5.29. The predicted octanol–water partition coefficient (Wildman–Crippen LogP) is 0.697. The molecule has 0 bridgehead atoms. The largest absolute Gasteiger partial charge is 0.491 e. The average molecular weight is 323 g/mol. The number of nitrogens with one attached hydrogen (secondary N) is 3. The van der Waals surface area contributed by atoms with Crippen LogP contribution < -0.4 is 20.7 Å². The molecule has 0 aliphatic carbocycles. The number of rotatable bonds is 7. The zero-order valence-corrected chi connectivity index (χ0v) is 12.6. The number of carbonyl (C=O) groups is 3. The Morgan fingerprint density at radius 3 is 2.65 bits per heavy atom. The molecule has 0 saturated carbocycles. The Morgan fingerprint density at radius 1 is 1.35 bits per heavy atom. The van der Waals surface area contributed by atoms with Crippen LogP contribution in [-0.2, 0) is 9.59 Å². The molecule has 0 spiro atoms. The van der Waals surface area contributed by atoms with Crippen molar-refractivity contribution in [2.45, 2.75) is 31.8 Å². The second kappa shape index (κ2) is 7.57. The van der Waals surface area contributed by atoms with Crippen molar-refractivity contribution in [2.75, 3.05) is 6.61 Å². The number of halogens is 1. The maximum absolute atomic E-state index is 12.8. The van der Waals surface area contributed by atoms with E-state index in [9.17, 15) is 18.8 Å². The smallest absolute Gasteiger partial charge is 0.322 e. The first kappa shape index (κ1) is 16.7. The van der Waals surface area contributed by atoms with Crippen molar-refractivity contribution in [3.63, 3.8) is 0 Å². The minimum absolute atomic E-state index is 0.110. The van der Waals surface area contributed by atoms with Gasteiger partial charge in [0.2, 0.25) is 5.91 Å². The summed E-state index contributed by atoms with van der Waals surface area (Å²) < 4.78 is 18.2. The Hall–Kier alpha value is -2.64. The maximum Gasteiger partial charge on any atom is 0.322 e. The third-order valence-corrected chi connectivity index (χ3v) is 3.24.